The highest BCUT2D eigenvalue weighted by molar-refractivity contribution is 5.94. The van der Waals surface area contributed by atoms with Crippen molar-refractivity contribution in [1.82, 2.24) is 0 Å². The molecule has 1 aromatic carbocycles. The number of rotatable bonds is 4. The second-order valence-corrected chi connectivity index (χ2v) is 3.94. The van der Waals surface area contributed by atoms with Gasteiger partial charge in [-0.05, 0) is 19.1 Å². The molecule has 0 aliphatic carbocycles. The Bertz CT molecular complexity index is 638. The number of furan rings is 1. The van der Waals surface area contributed by atoms with Gasteiger partial charge in [-0.25, -0.2) is 0 Å². The molecule has 1 aromatic heterocycles. The lowest BCUT2D eigenvalue weighted by atomic mass is 10.1. The number of ketones is 1. The van der Waals surface area contributed by atoms with E-state index < -0.39 is 4.92 Å². The average Bonchev–Trinajstić information content (AvgIpc) is 2.85. The normalized spacial score (nSPS) is 10.8. The van der Waals surface area contributed by atoms with Crippen LogP contribution in [-0.4, -0.2) is 10.7 Å². The van der Waals surface area contributed by atoms with Gasteiger partial charge in [0, 0.05) is 11.1 Å². The van der Waals surface area contributed by atoms with Crippen LogP contribution in [0.25, 0.3) is 17.4 Å². The maximum absolute atomic E-state index is 11.1. The van der Waals surface area contributed by atoms with Crippen LogP contribution in [0.5, 0.6) is 0 Å². The van der Waals surface area contributed by atoms with Gasteiger partial charge in [-0.1, -0.05) is 24.3 Å². The minimum atomic E-state index is -0.552. The molecule has 0 radical (unpaired) electrons. The molecule has 5 nitrogen and oxygen atoms in total. The lowest BCUT2D eigenvalue weighted by Crippen LogP contribution is -1.90. The Morgan fingerprint density at radius 1 is 1.21 bits per heavy atom. The standard InChI is InChI=1S/C14H11NO4/c1-10(16)11-2-4-12(5-3-11)14-7-6-13(19-14)8-9-15(17)18/h2-9H,1H3/b9-8-. The van der Waals surface area contributed by atoms with Crippen molar-refractivity contribution >= 4 is 11.9 Å². The lowest BCUT2D eigenvalue weighted by Gasteiger charge is -1.98. The Balaban J connectivity index is 2.23. The number of nitro groups is 1. The van der Waals surface area contributed by atoms with Crippen LogP contribution >= 0.6 is 0 Å². The number of carbonyl (C=O) groups is 1. The lowest BCUT2D eigenvalue weighted by molar-refractivity contribution is -0.401. The molecule has 19 heavy (non-hydrogen) atoms. The third kappa shape index (κ3) is 3.16. The second-order valence-electron chi connectivity index (χ2n) is 3.94. The first-order valence-corrected chi connectivity index (χ1v) is 5.59. The van der Waals surface area contributed by atoms with Crippen molar-refractivity contribution in [3.05, 3.63) is 64.0 Å². The largest absolute Gasteiger partial charge is 0.457 e. The molecule has 0 atom stereocenters. The Morgan fingerprint density at radius 2 is 1.89 bits per heavy atom. The molecule has 0 bridgehead atoms. The van der Waals surface area contributed by atoms with Gasteiger partial charge in [0.25, 0.3) is 0 Å². The average molecular weight is 257 g/mol. The number of carbonyl (C=O) groups excluding carboxylic acids is 1. The minimum Gasteiger partial charge on any atom is -0.457 e. The SMILES string of the molecule is CC(=O)c1ccc(-c2ccc(/C=C\[N+](=O)[O-])o2)cc1. The van der Waals surface area contributed by atoms with Crippen molar-refractivity contribution in [2.45, 2.75) is 6.92 Å². The Kier molecular flexibility index (Phi) is 3.56. The van der Waals surface area contributed by atoms with E-state index in [0.717, 1.165) is 11.8 Å². The zero-order chi connectivity index (χ0) is 13.8. The molecule has 0 unspecified atom stereocenters. The molecule has 0 fully saturated rings. The van der Waals surface area contributed by atoms with Crippen molar-refractivity contribution in [3.63, 3.8) is 0 Å². The van der Waals surface area contributed by atoms with Crippen LogP contribution in [0.1, 0.15) is 23.0 Å². The summed E-state index contributed by atoms with van der Waals surface area (Å²) in [6.45, 7) is 1.50. The summed E-state index contributed by atoms with van der Waals surface area (Å²) in [5, 5.41) is 10.2. The first-order valence-electron chi connectivity index (χ1n) is 5.59. The molecule has 2 aromatic rings. The highest BCUT2D eigenvalue weighted by Crippen LogP contribution is 2.23. The van der Waals surface area contributed by atoms with E-state index in [1.165, 1.54) is 13.0 Å². The van der Waals surface area contributed by atoms with Gasteiger partial charge in [0.15, 0.2) is 5.78 Å². The van der Waals surface area contributed by atoms with Gasteiger partial charge < -0.3 is 4.42 Å². The number of hydrogen-bond acceptors (Lipinski definition) is 4. The summed E-state index contributed by atoms with van der Waals surface area (Å²) in [7, 11) is 0. The highest BCUT2D eigenvalue weighted by Gasteiger charge is 2.05. The van der Waals surface area contributed by atoms with Crippen LogP contribution in [0.4, 0.5) is 0 Å². The Hall–Kier alpha value is -2.69. The monoisotopic (exact) mass is 257 g/mol. The maximum atomic E-state index is 11.1. The summed E-state index contributed by atoms with van der Waals surface area (Å²) in [6, 6.07) is 10.4. The van der Waals surface area contributed by atoms with E-state index >= 15 is 0 Å². The first kappa shape index (κ1) is 12.8. The van der Waals surface area contributed by atoms with Crippen LogP contribution in [0, 0.1) is 10.1 Å². The van der Waals surface area contributed by atoms with Crippen LogP contribution in [0.2, 0.25) is 0 Å². The van der Waals surface area contributed by atoms with Crippen LogP contribution in [-0.2, 0) is 0 Å². The van der Waals surface area contributed by atoms with Gasteiger partial charge in [0.2, 0.25) is 6.20 Å². The van der Waals surface area contributed by atoms with E-state index in [9.17, 15) is 14.9 Å². The van der Waals surface area contributed by atoms with Crippen molar-refractivity contribution in [3.8, 4) is 11.3 Å². The predicted octanol–water partition coefficient (Wildman–Crippen LogP) is 3.40. The van der Waals surface area contributed by atoms with Gasteiger partial charge in [0.05, 0.1) is 11.0 Å². The molecular formula is C14H11NO4. The molecule has 0 aliphatic rings. The van der Waals surface area contributed by atoms with E-state index in [-0.39, 0.29) is 5.78 Å². The van der Waals surface area contributed by atoms with Crippen LogP contribution < -0.4 is 0 Å². The van der Waals surface area contributed by atoms with Crippen molar-refractivity contribution < 1.29 is 14.1 Å². The van der Waals surface area contributed by atoms with Gasteiger partial charge in [-0.15, -0.1) is 0 Å². The maximum Gasteiger partial charge on any atom is 0.238 e. The number of benzene rings is 1. The van der Waals surface area contributed by atoms with Crippen LogP contribution in [0.15, 0.2) is 47.0 Å². The molecule has 0 amide bonds. The van der Waals surface area contributed by atoms with E-state index in [2.05, 4.69) is 0 Å². The summed E-state index contributed by atoms with van der Waals surface area (Å²) in [5.74, 6) is 1.00. The minimum absolute atomic E-state index is 0.000556. The molecular weight excluding hydrogens is 246 g/mol. The van der Waals surface area contributed by atoms with E-state index in [1.54, 1.807) is 36.4 Å². The summed E-state index contributed by atoms with van der Waals surface area (Å²) in [4.78, 5) is 20.8. The van der Waals surface area contributed by atoms with Crippen molar-refractivity contribution in [1.29, 1.82) is 0 Å². The molecule has 0 N–H and O–H groups in total. The van der Waals surface area contributed by atoms with Crippen LogP contribution in [0.3, 0.4) is 0 Å². The zero-order valence-electron chi connectivity index (χ0n) is 10.2. The predicted molar refractivity (Wildman–Crippen MR) is 70.2 cm³/mol. The van der Waals surface area contributed by atoms with Gasteiger partial charge >= 0.3 is 0 Å². The van der Waals surface area contributed by atoms with E-state index in [4.69, 9.17) is 4.42 Å². The zero-order valence-corrected chi connectivity index (χ0v) is 10.2. The summed E-state index contributed by atoms with van der Waals surface area (Å²) in [5.41, 5.74) is 1.44. The first-order chi connectivity index (χ1) is 9.06. The third-order valence-electron chi connectivity index (χ3n) is 2.56. The summed E-state index contributed by atoms with van der Waals surface area (Å²) >= 11 is 0. The van der Waals surface area contributed by atoms with Gasteiger partial charge in [-0.3, -0.25) is 14.9 Å². The number of hydrogen-bond donors (Lipinski definition) is 0. The molecule has 2 rings (SSSR count). The molecule has 5 heteroatoms. The molecule has 0 saturated heterocycles. The number of Topliss-reactive ketones (excluding diaryl/α,β-unsaturated/α-hetero) is 1. The molecule has 0 spiro atoms. The smallest absolute Gasteiger partial charge is 0.238 e. The molecule has 96 valence electrons. The van der Waals surface area contributed by atoms with E-state index in [0.29, 0.717) is 17.1 Å². The third-order valence-corrected chi connectivity index (χ3v) is 2.56. The fourth-order valence-corrected chi connectivity index (χ4v) is 1.60. The van der Waals surface area contributed by atoms with Crippen molar-refractivity contribution in [2.75, 3.05) is 0 Å². The topological polar surface area (TPSA) is 73.3 Å². The highest BCUT2D eigenvalue weighted by atomic mass is 16.6. The summed E-state index contributed by atoms with van der Waals surface area (Å²) < 4.78 is 5.44. The Morgan fingerprint density at radius 3 is 2.47 bits per heavy atom. The second kappa shape index (κ2) is 5.30. The molecule has 1 heterocycles. The van der Waals surface area contributed by atoms with Gasteiger partial charge in [0.1, 0.15) is 11.5 Å². The van der Waals surface area contributed by atoms with E-state index in [1.807, 2.05) is 0 Å². The fraction of sp³-hybridized carbons (Fsp3) is 0.0714. The summed E-state index contributed by atoms with van der Waals surface area (Å²) in [6.07, 6.45) is 2.11. The number of nitrogens with zero attached hydrogens (tertiary/aromatic N) is 1. The molecule has 0 aliphatic heterocycles. The quantitative estimate of drug-likeness (QED) is 0.478. The Labute approximate surface area is 109 Å². The molecule has 0 saturated carbocycles. The van der Waals surface area contributed by atoms with Crippen molar-refractivity contribution in [2.24, 2.45) is 0 Å². The van der Waals surface area contributed by atoms with Gasteiger partial charge in [-0.2, -0.15) is 0 Å². The fourth-order valence-electron chi connectivity index (χ4n) is 1.60.